The van der Waals surface area contributed by atoms with Crippen LogP contribution >= 0.6 is 0 Å². The molecule has 1 aromatic heterocycles. The minimum absolute atomic E-state index is 0.581. The number of pyridine rings is 1. The molecule has 0 spiro atoms. The predicted octanol–water partition coefficient (Wildman–Crippen LogP) is 1.59. The zero-order valence-corrected chi connectivity index (χ0v) is 6.57. The van der Waals surface area contributed by atoms with Crippen LogP contribution in [0.15, 0.2) is 23.5 Å². The van der Waals surface area contributed by atoms with Gasteiger partial charge in [0.15, 0.2) is 0 Å². The average molecular weight is 150 g/mol. The van der Waals surface area contributed by atoms with E-state index in [2.05, 4.69) is 10.1 Å². The van der Waals surface area contributed by atoms with Crippen molar-refractivity contribution in [1.29, 1.82) is 0 Å². The van der Waals surface area contributed by atoms with Gasteiger partial charge in [0.1, 0.15) is 0 Å². The monoisotopic (exact) mass is 150 g/mol. The fourth-order valence-electron chi connectivity index (χ4n) is 0.740. The SMILES string of the molecule is CC(=NO)c1ccc(C)nc1. The fraction of sp³-hybridized carbons (Fsp3) is 0.250. The second-order valence-corrected chi connectivity index (χ2v) is 2.37. The quantitative estimate of drug-likeness (QED) is 0.375. The van der Waals surface area contributed by atoms with Crippen LogP contribution in [0.3, 0.4) is 0 Å². The molecule has 0 fully saturated rings. The third kappa shape index (κ3) is 1.77. The molecule has 0 radical (unpaired) electrons. The lowest BCUT2D eigenvalue weighted by molar-refractivity contribution is 0.319. The molecule has 1 aromatic rings. The summed E-state index contributed by atoms with van der Waals surface area (Å²) in [6.45, 7) is 3.64. The summed E-state index contributed by atoms with van der Waals surface area (Å²) in [6.07, 6.45) is 1.68. The van der Waals surface area contributed by atoms with Crippen molar-refractivity contribution < 1.29 is 5.21 Å². The minimum Gasteiger partial charge on any atom is -0.411 e. The van der Waals surface area contributed by atoms with Gasteiger partial charge in [0.05, 0.1) is 5.71 Å². The van der Waals surface area contributed by atoms with Crippen molar-refractivity contribution in [3.63, 3.8) is 0 Å². The van der Waals surface area contributed by atoms with Crippen molar-refractivity contribution in [1.82, 2.24) is 4.98 Å². The lowest BCUT2D eigenvalue weighted by Crippen LogP contribution is -1.95. The van der Waals surface area contributed by atoms with Crippen LogP contribution in [-0.2, 0) is 0 Å². The van der Waals surface area contributed by atoms with Crippen molar-refractivity contribution in [3.8, 4) is 0 Å². The molecule has 11 heavy (non-hydrogen) atoms. The standard InChI is InChI=1S/C8H10N2O/c1-6-3-4-8(5-9-6)7(2)10-11/h3-5,11H,1-2H3. The van der Waals surface area contributed by atoms with Gasteiger partial charge in [-0.1, -0.05) is 5.16 Å². The van der Waals surface area contributed by atoms with Gasteiger partial charge >= 0.3 is 0 Å². The fourth-order valence-corrected chi connectivity index (χ4v) is 0.740. The Labute approximate surface area is 65.4 Å². The van der Waals surface area contributed by atoms with E-state index in [0.717, 1.165) is 11.3 Å². The van der Waals surface area contributed by atoms with Crippen molar-refractivity contribution in [2.24, 2.45) is 5.16 Å². The number of aromatic nitrogens is 1. The van der Waals surface area contributed by atoms with Crippen LogP contribution in [0, 0.1) is 6.92 Å². The van der Waals surface area contributed by atoms with E-state index >= 15 is 0 Å². The summed E-state index contributed by atoms with van der Waals surface area (Å²) in [6, 6.07) is 3.75. The first-order chi connectivity index (χ1) is 5.24. The Morgan fingerprint density at radius 1 is 1.55 bits per heavy atom. The van der Waals surface area contributed by atoms with Gasteiger partial charge < -0.3 is 5.21 Å². The predicted molar refractivity (Wildman–Crippen MR) is 43.0 cm³/mol. The largest absolute Gasteiger partial charge is 0.411 e. The van der Waals surface area contributed by atoms with Gasteiger partial charge in [-0.3, -0.25) is 4.98 Å². The first-order valence-electron chi connectivity index (χ1n) is 3.35. The molecule has 0 aliphatic rings. The molecular weight excluding hydrogens is 140 g/mol. The van der Waals surface area contributed by atoms with Crippen LogP contribution in [0.1, 0.15) is 18.2 Å². The molecule has 0 saturated carbocycles. The normalized spacial score (nSPS) is 11.6. The van der Waals surface area contributed by atoms with Crippen LogP contribution in [-0.4, -0.2) is 15.9 Å². The Balaban J connectivity index is 2.99. The second-order valence-electron chi connectivity index (χ2n) is 2.37. The first kappa shape index (κ1) is 7.72. The van der Waals surface area contributed by atoms with E-state index < -0.39 is 0 Å². The van der Waals surface area contributed by atoms with E-state index in [1.54, 1.807) is 13.1 Å². The van der Waals surface area contributed by atoms with Crippen LogP contribution < -0.4 is 0 Å². The van der Waals surface area contributed by atoms with Gasteiger partial charge in [0.25, 0.3) is 0 Å². The smallest absolute Gasteiger partial charge is 0.0852 e. The maximum absolute atomic E-state index is 8.42. The molecule has 0 aliphatic carbocycles. The topological polar surface area (TPSA) is 45.5 Å². The van der Waals surface area contributed by atoms with Gasteiger partial charge in [0.2, 0.25) is 0 Å². The number of oxime groups is 1. The summed E-state index contributed by atoms with van der Waals surface area (Å²) in [5, 5.41) is 11.5. The summed E-state index contributed by atoms with van der Waals surface area (Å²) >= 11 is 0. The van der Waals surface area contributed by atoms with E-state index in [9.17, 15) is 0 Å². The van der Waals surface area contributed by atoms with Gasteiger partial charge in [-0.25, -0.2) is 0 Å². The number of nitrogens with zero attached hydrogens (tertiary/aromatic N) is 2. The first-order valence-corrected chi connectivity index (χ1v) is 3.35. The molecule has 1 N–H and O–H groups in total. The molecule has 1 heterocycles. The highest BCUT2D eigenvalue weighted by molar-refractivity contribution is 5.97. The second kappa shape index (κ2) is 3.14. The third-order valence-electron chi connectivity index (χ3n) is 1.48. The highest BCUT2D eigenvalue weighted by atomic mass is 16.4. The number of hydrogen-bond acceptors (Lipinski definition) is 3. The summed E-state index contributed by atoms with van der Waals surface area (Å²) in [5.74, 6) is 0. The molecule has 0 unspecified atom stereocenters. The summed E-state index contributed by atoms with van der Waals surface area (Å²) < 4.78 is 0. The highest BCUT2D eigenvalue weighted by Crippen LogP contribution is 2.00. The number of rotatable bonds is 1. The Kier molecular flexibility index (Phi) is 2.21. The van der Waals surface area contributed by atoms with E-state index in [4.69, 9.17) is 5.21 Å². The average Bonchev–Trinajstić information content (AvgIpc) is 2.05. The van der Waals surface area contributed by atoms with Crippen LogP contribution in [0.4, 0.5) is 0 Å². The van der Waals surface area contributed by atoms with Gasteiger partial charge in [-0.15, -0.1) is 0 Å². The molecule has 0 bridgehead atoms. The Morgan fingerprint density at radius 3 is 2.73 bits per heavy atom. The summed E-state index contributed by atoms with van der Waals surface area (Å²) in [7, 11) is 0. The molecule has 3 nitrogen and oxygen atoms in total. The zero-order chi connectivity index (χ0) is 8.27. The maximum Gasteiger partial charge on any atom is 0.0852 e. The van der Waals surface area contributed by atoms with Crippen LogP contribution in [0.25, 0.3) is 0 Å². The van der Waals surface area contributed by atoms with Crippen molar-refractivity contribution in [2.75, 3.05) is 0 Å². The van der Waals surface area contributed by atoms with Gasteiger partial charge in [0, 0.05) is 17.5 Å². The van der Waals surface area contributed by atoms with E-state index in [-0.39, 0.29) is 0 Å². The minimum atomic E-state index is 0.581. The van der Waals surface area contributed by atoms with Gasteiger partial charge in [-0.05, 0) is 26.0 Å². The summed E-state index contributed by atoms with van der Waals surface area (Å²) in [5.41, 5.74) is 2.38. The van der Waals surface area contributed by atoms with E-state index in [0.29, 0.717) is 5.71 Å². The molecule has 58 valence electrons. The Morgan fingerprint density at radius 2 is 2.27 bits per heavy atom. The lowest BCUT2D eigenvalue weighted by atomic mass is 10.2. The van der Waals surface area contributed by atoms with Crippen LogP contribution in [0.5, 0.6) is 0 Å². The molecule has 3 heteroatoms. The molecular formula is C8H10N2O. The zero-order valence-electron chi connectivity index (χ0n) is 6.57. The molecule has 0 amide bonds. The van der Waals surface area contributed by atoms with Crippen molar-refractivity contribution in [3.05, 3.63) is 29.6 Å². The van der Waals surface area contributed by atoms with E-state index in [1.165, 1.54) is 0 Å². The third-order valence-corrected chi connectivity index (χ3v) is 1.48. The Bertz CT molecular complexity index is 264. The highest BCUT2D eigenvalue weighted by Gasteiger charge is 1.95. The molecule has 0 aromatic carbocycles. The molecule has 0 aliphatic heterocycles. The van der Waals surface area contributed by atoms with Gasteiger partial charge in [-0.2, -0.15) is 0 Å². The molecule has 1 rings (SSSR count). The lowest BCUT2D eigenvalue weighted by Gasteiger charge is -1.96. The maximum atomic E-state index is 8.42. The Hall–Kier alpha value is -1.38. The van der Waals surface area contributed by atoms with Crippen molar-refractivity contribution >= 4 is 5.71 Å². The molecule has 0 atom stereocenters. The molecule has 0 saturated heterocycles. The van der Waals surface area contributed by atoms with Crippen molar-refractivity contribution in [2.45, 2.75) is 13.8 Å². The van der Waals surface area contributed by atoms with Crippen LogP contribution in [0.2, 0.25) is 0 Å². The number of aryl methyl sites for hydroxylation is 1. The van der Waals surface area contributed by atoms with E-state index in [1.807, 2.05) is 19.1 Å². The number of hydrogen-bond donors (Lipinski definition) is 1. The summed E-state index contributed by atoms with van der Waals surface area (Å²) in [4.78, 5) is 4.06.